The number of urea groups is 1. The zero-order chi connectivity index (χ0) is 17.8. The van der Waals surface area contributed by atoms with Crippen molar-refractivity contribution in [2.45, 2.75) is 20.0 Å². The van der Waals surface area contributed by atoms with Crippen molar-refractivity contribution >= 4 is 6.03 Å². The van der Waals surface area contributed by atoms with Gasteiger partial charge in [-0.1, -0.05) is 18.2 Å². The third-order valence-corrected chi connectivity index (χ3v) is 4.05. The summed E-state index contributed by atoms with van der Waals surface area (Å²) in [7, 11) is 1.71. The summed E-state index contributed by atoms with van der Waals surface area (Å²) < 4.78 is 24.6. The molecule has 1 heterocycles. The average molecular weight is 344 g/mol. The van der Waals surface area contributed by atoms with Gasteiger partial charge in [0.1, 0.15) is 19.0 Å². The summed E-state index contributed by atoms with van der Waals surface area (Å²) in [5.74, 6) is 1.16. The van der Waals surface area contributed by atoms with Crippen LogP contribution >= 0.6 is 0 Å². The quantitative estimate of drug-likeness (QED) is 0.926. The van der Waals surface area contributed by atoms with Gasteiger partial charge in [-0.25, -0.2) is 9.18 Å². The van der Waals surface area contributed by atoms with E-state index in [4.69, 9.17) is 9.47 Å². The molecule has 2 aromatic rings. The van der Waals surface area contributed by atoms with Gasteiger partial charge in [0.2, 0.25) is 0 Å². The number of nitrogens with zero attached hydrogens (tertiary/aromatic N) is 1. The summed E-state index contributed by atoms with van der Waals surface area (Å²) in [6, 6.07) is 10.4. The van der Waals surface area contributed by atoms with Crippen LogP contribution in [0.25, 0.3) is 0 Å². The Morgan fingerprint density at radius 2 is 1.84 bits per heavy atom. The molecule has 0 fully saturated rings. The van der Waals surface area contributed by atoms with Crippen LogP contribution in [0.15, 0.2) is 36.4 Å². The van der Waals surface area contributed by atoms with E-state index in [9.17, 15) is 9.18 Å². The maximum atomic E-state index is 13.5. The smallest absolute Gasteiger partial charge is 0.317 e. The van der Waals surface area contributed by atoms with Gasteiger partial charge in [0.05, 0.1) is 0 Å². The van der Waals surface area contributed by atoms with Crippen molar-refractivity contribution in [2.75, 3.05) is 20.3 Å². The van der Waals surface area contributed by atoms with E-state index in [0.29, 0.717) is 31.1 Å². The molecule has 2 amide bonds. The average Bonchev–Trinajstić information content (AvgIpc) is 2.62. The Labute approximate surface area is 146 Å². The van der Waals surface area contributed by atoms with Crippen LogP contribution < -0.4 is 14.8 Å². The fourth-order valence-corrected chi connectivity index (χ4v) is 2.59. The Morgan fingerprint density at radius 3 is 2.60 bits per heavy atom. The first-order chi connectivity index (χ1) is 12.0. The number of nitrogens with one attached hydrogen (secondary N) is 1. The lowest BCUT2D eigenvalue weighted by Gasteiger charge is -2.21. The van der Waals surface area contributed by atoms with Crippen molar-refractivity contribution < 1.29 is 18.7 Å². The summed E-state index contributed by atoms with van der Waals surface area (Å²) in [4.78, 5) is 13.8. The number of carbonyl (C=O) groups is 1. The summed E-state index contributed by atoms with van der Waals surface area (Å²) in [6.45, 7) is 3.50. The number of hydrogen-bond acceptors (Lipinski definition) is 3. The van der Waals surface area contributed by atoms with Gasteiger partial charge in [0, 0.05) is 20.1 Å². The fraction of sp³-hybridized carbons (Fsp3) is 0.316. The number of amides is 2. The van der Waals surface area contributed by atoms with Crippen molar-refractivity contribution in [2.24, 2.45) is 0 Å². The lowest BCUT2D eigenvalue weighted by atomic mass is 10.1. The number of fused-ring (bicyclic) bond motifs is 1. The Bertz CT molecular complexity index is 779. The van der Waals surface area contributed by atoms with Crippen LogP contribution in [-0.4, -0.2) is 31.2 Å². The molecule has 25 heavy (non-hydrogen) atoms. The van der Waals surface area contributed by atoms with Crippen molar-refractivity contribution in [1.82, 2.24) is 10.2 Å². The van der Waals surface area contributed by atoms with E-state index in [1.807, 2.05) is 18.2 Å². The molecule has 0 saturated heterocycles. The van der Waals surface area contributed by atoms with Crippen molar-refractivity contribution in [3.8, 4) is 11.5 Å². The van der Waals surface area contributed by atoms with Gasteiger partial charge in [-0.3, -0.25) is 0 Å². The normalized spacial score (nSPS) is 12.6. The van der Waals surface area contributed by atoms with Crippen LogP contribution in [0, 0.1) is 12.7 Å². The number of carbonyl (C=O) groups excluding carboxylic acids is 1. The third-order valence-electron chi connectivity index (χ3n) is 4.05. The number of halogens is 1. The van der Waals surface area contributed by atoms with Gasteiger partial charge in [-0.2, -0.15) is 0 Å². The first-order valence-electron chi connectivity index (χ1n) is 8.15. The van der Waals surface area contributed by atoms with Crippen LogP contribution in [0.3, 0.4) is 0 Å². The van der Waals surface area contributed by atoms with E-state index < -0.39 is 0 Å². The first-order valence-corrected chi connectivity index (χ1v) is 8.15. The van der Waals surface area contributed by atoms with Gasteiger partial charge < -0.3 is 19.7 Å². The maximum Gasteiger partial charge on any atom is 0.317 e. The van der Waals surface area contributed by atoms with Crippen LogP contribution in [0.2, 0.25) is 0 Å². The Balaban J connectivity index is 1.56. The molecule has 0 spiro atoms. The van der Waals surface area contributed by atoms with E-state index in [1.165, 1.54) is 6.07 Å². The molecule has 0 saturated carbocycles. The number of rotatable bonds is 4. The summed E-state index contributed by atoms with van der Waals surface area (Å²) in [6.07, 6.45) is 0. The van der Waals surface area contributed by atoms with Crippen molar-refractivity contribution in [3.05, 3.63) is 58.9 Å². The molecule has 1 aliphatic heterocycles. The molecule has 132 valence electrons. The van der Waals surface area contributed by atoms with Gasteiger partial charge in [0.25, 0.3) is 0 Å². The topological polar surface area (TPSA) is 50.8 Å². The van der Waals surface area contributed by atoms with Crippen LogP contribution in [0.1, 0.15) is 16.7 Å². The molecule has 2 aromatic carbocycles. The Morgan fingerprint density at radius 1 is 1.12 bits per heavy atom. The largest absolute Gasteiger partial charge is 0.486 e. The zero-order valence-corrected chi connectivity index (χ0v) is 14.3. The second-order valence-corrected chi connectivity index (χ2v) is 6.08. The van der Waals surface area contributed by atoms with Gasteiger partial charge in [-0.15, -0.1) is 0 Å². The summed E-state index contributed by atoms with van der Waals surface area (Å²) in [5.41, 5.74) is 2.26. The van der Waals surface area contributed by atoms with Crippen LogP contribution in [-0.2, 0) is 13.1 Å². The van der Waals surface area contributed by atoms with E-state index >= 15 is 0 Å². The number of ether oxygens (including phenoxy) is 2. The Hall–Kier alpha value is -2.76. The molecule has 0 bridgehead atoms. The summed E-state index contributed by atoms with van der Waals surface area (Å²) >= 11 is 0. The molecule has 1 N–H and O–H groups in total. The lowest BCUT2D eigenvalue weighted by Crippen LogP contribution is -2.36. The zero-order valence-electron chi connectivity index (χ0n) is 14.3. The number of aryl methyl sites for hydroxylation is 1. The molecule has 5 nitrogen and oxygen atoms in total. The van der Waals surface area contributed by atoms with E-state index in [0.717, 1.165) is 16.9 Å². The SMILES string of the molecule is Cc1ccc(CNC(=O)N(C)Cc2ccc3c(c2)OCCO3)cc1F. The highest BCUT2D eigenvalue weighted by molar-refractivity contribution is 5.73. The predicted molar refractivity (Wildman–Crippen MR) is 92.3 cm³/mol. The predicted octanol–water partition coefficient (Wildman–Crippen LogP) is 3.25. The van der Waals surface area contributed by atoms with Gasteiger partial charge in [-0.05, 0) is 41.8 Å². The standard InChI is InChI=1S/C19H21FN2O3/c1-13-3-4-14(9-16(13)20)11-21-19(23)22(2)12-15-5-6-17-18(10-15)25-8-7-24-17/h3-6,9-10H,7-8,11-12H2,1-2H3,(H,21,23). The Kier molecular flexibility index (Phi) is 5.07. The van der Waals surface area contributed by atoms with Crippen molar-refractivity contribution in [1.29, 1.82) is 0 Å². The van der Waals surface area contributed by atoms with Crippen LogP contribution in [0.4, 0.5) is 9.18 Å². The minimum absolute atomic E-state index is 0.226. The fourth-order valence-electron chi connectivity index (χ4n) is 2.59. The molecular formula is C19H21FN2O3. The highest BCUT2D eigenvalue weighted by atomic mass is 19.1. The molecule has 0 radical (unpaired) electrons. The second-order valence-electron chi connectivity index (χ2n) is 6.08. The van der Waals surface area contributed by atoms with Gasteiger partial charge >= 0.3 is 6.03 Å². The highest BCUT2D eigenvalue weighted by Gasteiger charge is 2.14. The van der Waals surface area contributed by atoms with E-state index in [2.05, 4.69) is 5.32 Å². The van der Waals surface area contributed by atoms with Crippen LogP contribution in [0.5, 0.6) is 11.5 Å². The summed E-state index contributed by atoms with van der Waals surface area (Å²) in [5, 5.41) is 2.79. The molecular weight excluding hydrogens is 323 g/mol. The molecule has 0 atom stereocenters. The molecule has 0 aliphatic carbocycles. The first kappa shape index (κ1) is 17.1. The monoisotopic (exact) mass is 344 g/mol. The molecule has 0 aromatic heterocycles. The van der Waals surface area contributed by atoms with Gasteiger partial charge in [0.15, 0.2) is 11.5 Å². The second kappa shape index (κ2) is 7.42. The molecule has 3 rings (SSSR count). The maximum absolute atomic E-state index is 13.5. The van der Waals surface area contributed by atoms with E-state index in [-0.39, 0.29) is 18.4 Å². The third kappa shape index (κ3) is 4.21. The molecule has 0 unspecified atom stereocenters. The van der Waals surface area contributed by atoms with E-state index in [1.54, 1.807) is 31.0 Å². The minimum atomic E-state index is -0.267. The molecule has 6 heteroatoms. The van der Waals surface area contributed by atoms with Crippen molar-refractivity contribution in [3.63, 3.8) is 0 Å². The minimum Gasteiger partial charge on any atom is -0.486 e. The number of hydrogen-bond donors (Lipinski definition) is 1. The molecule has 1 aliphatic rings. The number of benzene rings is 2. The highest BCUT2D eigenvalue weighted by Crippen LogP contribution is 2.31. The lowest BCUT2D eigenvalue weighted by molar-refractivity contribution is 0.171.